The van der Waals surface area contributed by atoms with Gasteiger partial charge in [-0.25, -0.2) is 4.39 Å². The van der Waals surface area contributed by atoms with Crippen molar-refractivity contribution >= 4 is 11.8 Å². The topological polar surface area (TPSA) is 83.0 Å². The van der Waals surface area contributed by atoms with Gasteiger partial charge in [0.05, 0.1) is 6.20 Å². The van der Waals surface area contributed by atoms with Crippen LogP contribution in [0.5, 0.6) is 0 Å². The molecule has 94 valence electrons. The van der Waals surface area contributed by atoms with Crippen molar-refractivity contribution in [2.24, 2.45) is 0 Å². The molecule has 2 heterocycles. The molecule has 6 nitrogen and oxygen atoms in total. The highest BCUT2D eigenvalue weighted by Crippen LogP contribution is 2.03. The van der Waals surface area contributed by atoms with Crippen LogP contribution in [0, 0.1) is 5.82 Å². The predicted molar refractivity (Wildman–Crippen MR) is 60.6 cm³/mol. The monoisotopic (exact) mass is 250 g/mol. The molecule has 2 rings (SSSR count). The van der Waals surface area contributed by atoms with Crippen LogP contribution < -0.4 is 5.73 Å². The number of pyridine rings is 1. The number of rotatable bonds is 4. The molecule has 0 saturated heterocycles. The summed E-state index contributed by atoms with van der Waals surface area (Å²) in [6, 6.07) is 2.83. The fourth-order valence-corrected chi connectivity index (χ4v) is 1.34. The van der Waals surface area contributed by atoms with Gasteiger partial charge in [0.15, 0.2) is 0 Å². The molecule has 18 heavy (non-hydrogen) atoms. The first-order valence-corrected chi connectivity index (χ1v) is 5.17. The van der Waals surface area contributed by atoms with Gasteiger partial charge in [0, 0.05) is 18.0 Å². The van der Waals surface area contributed by atoms with E-state index in [0.29, 0.717) is 11.4 Å². The van der Waals surface area contributed by atoms with Gasteiger partial charge in [-0.2, -0.15) is 5.10 Å². The summed E-state index contributed by atoms with van der Waals surface area (Å²) in [5.41, 5.74) is 5.89. The van der Waals surface area contributed by atoms with Crippen molar-refractivity contribution in [2.45, 2.75) is 13.2 Å². The van der Waals surface area contributed by atoms with E-state index >= 15 is 0 Å². The Kier molecular flexibility index (Phi) is 3.52. The maximum absolute atomic E-state index is 12.8. The van der Waals surface area contributed by atoms with Crippen LogP contribution in [0.15, 0.2) is 30.7 Å². The average molecular weight is 250 g/mol. The van der Waals surface area contributed by atoms with Crippen molar-refractivity contribution < 1.29 is 13.9 Å². The van der Waals surface area contributed by atoms with Gasteiger partial charge >= 0.3 is 5.97 Å². The number of anilines is 1. The third kappa shape index (κ3) is 3.27. The summed E-state index contributed by atoms with van der Waals surface area (Å²) in [5.74, 6) is -0.622. The molecule has 0 bridgehead atoms. The van der Waals surface area contributed by atoms with E-state index in [1.165, 1.54) is 16.9 Å². The second-order valence-electron chi connectivity index (χ2n) is 3.61. The number of hydrogen-bond acceptors (Lipinski definition) is 5. The summed E-state index contributed by atoms with van der Waals surface area (Å²) in [6.07, 6.45) is 4.08. The molecule has 0 aromatic carbocycles. The Morgan fingerprint density at radius 2 is 2.33 bits per heavy atom. The van der Waals surface area contributed by atoms with Crippen molar-refractivity contribution in [3.8, 4) is 0 Å². The summed E-state index contributed by atoms with van der Waals surface area (Å²) < 4.78 is 19.1. The molecular weight excluding hydrogens is 239 g/mol. The number of nitrogens with zero attached hydrogens (tertiary/aromatic N) is 3. The van der Waals surface area contributed by atoms with Gasteiger partial charge in [-0.3, -0.25) is 14.5 Å². The summed E-state index contributed by atoms with van der Waals surface area (Å²) in [5, 5.41) is 3.84. The largest absolute Gasteiger partial charge is 0.459 e. The van der Waals surface area contributed by atoms with Crippen LogP contribution in [0.2, 0.25) is 0 Å². The van der Waals surface area contributed by atoms with Gasteiger partial charge in [0.1, 0.15) is 24.8 Å². The van der Waals surface area contributed by atoms with Crippen molar-refractivity contribution in [2.75, 3.05) is 5.73 Å². The van der Waals surface area contributed by atoms with Crippen LogP contribution in [-0.2, 0) is 22.7 Å². The zero-order valence-corrected chi connectivity index (χ0v) is 9.41. The Bertz CT molecular complexity index is 555. The number of nitrogens with two attached hydrogens (primary N) is 1. The second kappa shape index (κ2) is 5.26. The fourth-order valence-electron chi connectivity index (χ4n) is 1.34. The van der Waals surface area contributed by atoms with E-state index in [2.05, 4.69) is 10.1 Å². The predicted octanol–water partition coefficient (Wildman–Crippen LogP) is 0.743. The van der Waals surface area contributed by atoms with E-state index in [1.54, 1.807) is 12.3 Å². The number of carbonyl (C=O) groups is 1. The molecule has 7 heteroatoms. The molecule has 0 radical (unpaired) electrons. The molecular formula is C11H11FN4O2. The standard InChI is InChI=1S/C11H11FN4O2/c12-9-3-8(4-14-5-9)7-18-11(17)6-16-2-1-10(13)15-16/h1-5H,6-7H2,(H2,13,15). The summed E-state index contributed by atoms with van der Waals surface area (Å²) in [7, 11) is 0. The molecule has 0 saturated carbocycles. The number of carbonyl (C=O) groups excluding carboxylic acids is 1. The van der Waals surface area contributed by atoms with Gasteiger partial charge in [-0.15, -0.1) is 0 Å². The minimum atomic E-state index is -0.484. The summed E-state index contributed by atoms with van der Waals surface area (Å²) >= 11 is 0. The summed E-state index contributed by atoms with van der Waals surface area (Å²) in [4.78, 5) is 15.1. The van der Waals surface area contributed by atoms with Crippen LogP contribution >= 0.6 is 0 Å². The number of halogens is 1. The molecule has 0 unspecified atom stereocenters. The first-order valence-electron chi connectivity index (χ1n) is 5.17. The first kappa shape index (κ1) is 12.0. The van der Waals surface area contributed by atoms with Crippen molar-refractivity contribution in [3.63, 3.8) is 0 Å². The van der Waals surface area contributed by atoms with Crippen LogP contribution in [0.25, 0.3) is 0 Å². The van der Waals surface area contributed by atoms with Crippen LogP contribution in [-0.4, -0.2) is 20.7 Å². The zero-order valence-electron chi connectivity index (χ0n) is 9.41. The second-order valence-corrected chi connectivity index (χ2v) is 3.61. The molecule has 0 aliphatic rings. The molecule has 0 spiro atoms. The molecule has 0 amide bonds. The van der Waals surface area contributed by atoms with Gasteiger partial charge in [-0.05, 0) is 12.1 Å². The quantitative estimate of drug-likeness (QED) is 0.809. The normalized spacial score (nSPS) is 10.3. The highest BCUT2D eigenvalue weighted by molar-refractivity contribution is 5.69. The zero-order chi connectivity index (χ0) is 13.0. The van der Waals surface area contributed by atoms with Gasteiger partial charge in [0.2, 0.25) is 0 Å². The van der Waals surface area contributed by atoms with Crippen molar-refractivity contribution in [1.29, 1.82) is 0 Å². The molecule has 2 N–H and O–H groups in total. The molecule has 0 aliphatic heterocycles. The van der Waals surface area contributed by atoms with E-state index in [4.69, 9.17) is 10.5 Å². The van der Waals surface area contributed by atoms with Crippen molar-refractivity contribution in [1.82, 2.24) is 14.8 Å². The van der Waals surface area contributed by atoms with Crippen LogP contribution in [0.1, 0.15) is 5.56 Å². The SMILES string of the molecule is Nc1ccn(CC(=O)OCc2cncc(F)c2)n1. The van der Waals surface area contributed by atoms with Gasteiger partial charge in [-0.1, -0.05) is 0 Å². The lowest BCUT2D eigenvalue weighted by Crippen LogP contribution is -2.14. The maximum atomic E-state index is 12.8. The minimum Gasteiger partial charge on any atom is -0.459 e. The maximum Gasteiger partial charge on any atom is 0.328 e. The van der Waals surface area contributed by atoms with E-state index < -0.39 is 11.8 Å². The fraction of sp³-hybridized carbons (Fsp3) is 0.182. The number of nitrogen functional groups attached to an aromatic ring is 1. The lowest BCUT2D eigenvalue weighted by molar-refractivity contribution is -0.145. The van der Waals surface area contributed by atoms with E-state index in [0.717, 1.165) is 6.20 Å². The van der Waals surface area contributed by atoms with E-state index in [9.17, 15) is 9.18 Å². The highest BCUT2D eigenvalue weighted by atomic mass is 19.1. The Hall–Kier alpha value is -2.44. The molecule has 2 aromatic rings. The lowest BCUT2D eigenvalue weighted by atomic mass is 10.3. The number of aromatic nitrogens is 3. The Balaban J connectivity index is 1.85. The van der Waals surface area contributed by atoms with Crippen LogP contribution in [0.3, 0.4) is 0 Å². The molecule has 0 aliphatic carbocycles. The smallest absolute Gasteiger partial charge is 0.328 e. The average Bonchev–Trinajstić information content (AvgIpc) is 2.72. The molecule has 2 aromatic heterocycles. The van der Waals surface area contributed by atoms with Gasteiger partial charge < -0.3 is 10.5 Å². The highest BCUT2D eigenvalue weighted by Gasteiger charge is 2.06. The number of hydrogen-bond donors (Lipinski definition) is 1. The minimum absolute atomic E-state index is 0.0274. The Morgan fingerprint density at radius 3 is 3.00 bits per heavy atom. The van der Waals surface area contributed by atoms with E-state index in [1.807, 2.05) is 0 Å². The van der Waals surface area contributed by atoms with Gasteiger partial charge in [0.25, 0.3) is 0 Å². The number of ether oxygens (including phenoxy) is 1. The first-order chi connectivity index (χ1) is 8.63. The Morgan fingerprint density at radius 1 is 1.50 bits per heavy atom. The third-order valence-corrected chi connectivity index (χ3v) is 2.11. The summed E-state index contributed by atoms with van der Waals surface area (Å²) in [6.45, 7) is -0.0692. The van der Waals surface area contributed by atoms with Crippen LogP contribution in [0.4, 0.5) is 10.2 Å². The van der Waals surface area contributed by atoms with Crippen molar-refractivity contribution in [3.05, 3.63) is 42.1 Å². The van der Waals surface area contributed by atoms with E-state index in [-0.39, 0.29) is 13.2 Å². The molecule has 0 fully saturated rings. The Labute approximate surface area is 102 Å². The number of esters is 1. The lowest BCUT2D eigenvalue weighted by Gasteiger charge is -2.04. The third-order valence-electron chi connectivity index (χ3n) is 2.11. The molecule has 0 atom stereocenters.